The van der Waals surface area contributed by atoms with Gasteiger partial charge in [-0.05, 0) is 12.8 Å². The number of carboxylic acids is 1. The summed E-state index contributed by atoms with van der Waals surface area (Å²) in [7, 11) is 0. The maximum atomic E-state index is 12.0. The molecule has 0 aliphatic carbocycles. The fraction of sp³-hybridized carbons (Fsp3) is 0.667. The van der Waals surface area contributed by atoms with Crippen molar-refractivity contribution in [3.63, 3.8) is 0 Å². The van der Waals surface area contributed by atoms with Crippen LogP contribution in [0.5, 0.6) is 0 Å². The Kier molecular flexibility index (Phi) is 8.51. The van der Waals surface area contributed by atoms with Gasteiger partial charge in [0, 0.05) is 13.0 Å². The first-order valence-electron chi connectivity index (χ1n) is 6.62. The van der Waals surface area contributed by atoms with Crippen LogP contribution < -0.4 is 16.8 Å². The zero-order valence-electron chi connectivity index (χ0n) is 12.0. The van der Waals surface area contributed by atoms with Gasteiger partial charge in [0.1, 0.15) is 12.6 Å². The Morgan fingerprint density at radius 2 is 1.81 bits per heavy atom. The van der Waals surface area contributed by atoms with Crippen molar-refractivity contribution in [2.75, 3.05) is 13.1 Å². The highest BCUT2D eigenvalue weighted by Crippen LogP contribution is 2.01. The van der Waals surface area contributed by atoms with Crippen LogP contribution in [0.4, 0.5) is 4.79 Å². The molecule has 0 aromatic rings. The number of hydrogen-bond donors (Lipinski definition) is 4. The molecule has 9 heteroatoms. The summed E-state index contributed by atoms with van der Waals surface area (Å²) < 4.78 is 0. The Morgan fingerprint density at radius 1 is 1.19 bits per heavy atom. The number of nitrogens with one attached hydrogen (secondary N) is 1. The van der Waals surface area contributed by atoms with E-state index in [1.807, 2.05) is 6.92 Å². The van der Waals surface area contributed by atoms with Gasteiger partial charge in [-0.3, -0.25) is 9.59 Å². The second-order valence-electron chi connectivity index (χ2n) is 4.59. The standard InChI is InChI=1S/C12H22N4O5/c1-2-3-6-16(7-10(14)18)12(21)15-8(11(19)20)4-5-9(13)17/h8H,2-7H2,1H3,(H2,13,17)(H2,14,18)(H,15,21)(H,19,20). The Labute approximate surface area is 122 Å². The van der Waals surface area contributed by atoms with Gasteiger partial charge in [0.15, 0.2) is 0 Å². The molecule has 0 heterocycles. The fourth-order valence-electron chi connectivity index (χ4n) is 1.57. The zero-order chi connectivity index (χ0) is 16.4. The van der Waals surface area contributed by atoms with Gasteiger partial charge >= 0.3 is 12.0 Å². The van der Waals surface area contributed by atoms with Crippen LogP contribution in [0.1, 0.15) is 32.6 Å². The van der Waals surface area contributed by atoms with Crippen molar-refractivity contribution in [2.24, 2.45) is 11.5 Å². The molecular formula is C12H22N4O5. The van der Waals surface area contributed by atoms with Crippen LogP contribution in [-0.4, -0.2) is 53.0 Å². The van der Waals surface area contributed by atoms with Gasteiger partial charge in [0.05, 0.1) is 0 Å². The Balaban J connectivity index is 4.68. The lowest BCUT2D eigenvalue weighted by Crippen LogP contribution is -2.50. The number of hydrogen-bond acceptors (Lipinski definition) is 4. The van der Waals surface area contributed by atoms with Crippen molar-refractivity contribution in [1.29, 1.82) is 0 Å². The third kappa shape index (κ3) is 8.45. The lowest BCUT2D eigenvalue weighted by Gasteiger charge is -2.23. The minimum atomic E-state index is -1.28. The monoisotopic (exact) mass is 302 g/mol. The second-order valence-corrected chi connectivity index (χ2v) is 4.59. The lowest BCUT2D eigenvalue weighted by molar-refractivity contribution is -0.139. The summed E-state index contributed by atoms with van der Waals surface area (Å²) in [5.41, 5.74) is 10.0. The average molecular weight is 302 g/mol. The van der Waals surface area contributed by atoms with Crippen molar-refractivity contribution in [2.45, 2.75) is 38.6 Å². The summed E-state index contributed by atoms with van der Waals surface area (Å²) in [5.74, 6) is -2.63. The van der Waals surface area contributed by atoms with Crippen molar-refractivity contribution in [3.05, 3.63) is 0 Å². The van der Waals surface area contributed by atoms with Gasteiger partial charge in [0.2, 0.25) is 11.8 Å². The number of urea groups is 1. The molecule has 0 saturated carbocycles. The minimum Gasteiger partial charge on any atom is -0.480 e. The third-order valence-electron chi connectivity index (χ3n) is 2.69. The highest BCUT2D eigenvalue weighted by atomic mass is 16.4. The van der Waals surface area contributed by atoms with Gasteiger partial charge in [-0.25, -0.2) is 9.59 Å². The van der Waals surface area contributed by atoms with Gasteiger partial charge < -0.3 is 26.8 Å². The van der Waals surface area contributed by atoms with Crippen molar-refractivity contribution in [1.82, 2.24) is 10.2 Å². The molecule has 120 valence electrons. The van der Waals surface area contributed by atoms with Crippen LogP contribution >= 0.6 is 0 Å². The van der Waals surface area contributed by atoms with Crippen molar-refractivity contribution in [3.8, 4) is 0 Å². The number of carboxylic acid groups (broad SMARTS) is 1. The molecule has 0 aromatic heterocycles. The molecule has 1 unspecified atom stereocenters. The number of rotatable bonds is 10. The molecule has 0 aliphatic rings. The molecule has 4 amide bonds. The number of aliphatic carboxylic acids is 1. The normalized spacial score (nSPS) is 11.5. The summed E-state index contributed by atoms with van der Waals surface area (Å²) in [5, 5.41) is 11.3. The van der Waals surface area contributed by atoms with Gasteiger partial charge in [-0.15, -0.1) is 0 Å². The number of nitrogens with zero attached hydrogens (tertiary/aromatic N) is 1. The topological polar surface area (TPSA) is 156 Å². The van der Waals surface area contributed by atoms with Crippen LogP contribution in [0.15, 0.2) is 0 Å². The Morgan fingerprint density at radius 3 is 2.24 bits per heavy atom. The average Bonchev–Trinajstić information content (AvgIpc) is 2.37. The van der Waals surface area contributed by atoms with Gasteiger partial charge in [0.25, 0.3) is 0 Å². The first-order valence-corrected chi connectivity index (χ1v) is 6.62. The van der Waals surface area contributed by atoms with E-state index in [9.17, 15) is 19.2 Å². The third-order valence-corrected chi connectivity index (χ3v) is 2.69. The first-order chi connectivity index (χ1) is 9.77. The Hall–Kier alpha value is -2.32. The van der Waals surface area contributed by atoms with E-state index in [0.29, 0.717) is 6.42 Å². The number of nitrogens with two attached hydrogens (primary N) is 2. The maximum Gasteiger partial charge on any atom is 0.326 e. The Bertz CT molecular complexity index is 399. The lowest BCUT2D eigenvalue weighted by atomic mass is 10.1. The molecule has 0 spiro atoms. The van der Waals surface area contributed by atoms with Crippen LogP contribution in [0.3, 0.4) is 0 Å². The highest BCUT2D eigenvalue weighted by Gasteiger charge is 2.24. The quantitative estimate of drug-likeness (QED) is 0.407. The van der Waals surface area contributed by atoms with E-state index in [0.717, 1.165) is 11.3 Å². The smallest absolute Gasteiger partial charge is 0.326 e. The van der Waals surface area contributed by atoms with E-state index in [1.54, 1.807) is 0 Å². The molecule has 0 bridgehead atoms. The number of amides is 4. The number of carbonyl (C=O) groups is 4. The molecule has 21 heavy (non-hydrogen) atoms. The van der Waals surface area contributed by atoms with Gasteiger partial charge in [-0.1, -0.05) is 13.3 Å². The molecule has 9 nitrogen and oxygen atoms in total. The number of carbonyl (C=O) groups excluding carboxylic acids is 3. The molecule has 1 atom stereocenters. The van der Waals surface area contributed by atoms with Gasteiger partial charge in [-0.2, -0.15) is 0 Å². The van der Waals surface area contributed by atoms with Crippen molar-refractivity contribution < 1.29 is 24.3 Å². The number of unbranched alkanes of at least 4 members (excludes halogenated alkanes) is 1. The summed E-state index contributed by atoms with van der Waals surface area (Å²) in [6.07, 6.45) is 1.17. The van der Waals surface area contributed by atoms with E-state index >= 15 is 0 Å². The second kappa shape index (κ2) is 9.56. The van der Waals surface area contributed by atoms with E-state index in [2.05, 4.69) is 5.32 Å². The summed E-state index contributed by atoms with van der Waals surface area (Å²) in [6, 6.07) is -1.96. The molecule has 0 aliphatic heterocycles. The largest absolute Gasteiger partial charge is 0.480 e. The van der Waals surface area contributed by atoms with E-state index < -0.39 is 29.9 Å². The summed E-state index contributed by atoms with van der Waals surface area (Å²) >= 11 is 0. The van der Waals surface area contributed by atoms with Crippen molar-refractivity contribution >= 4 is 23.8 Å². The van der Waals surface area contributed by atoms with E-state index in [-0.39, 0.29) is 25.9 Å². The molecule has 0 radical (unpaired) electrons. The van der Waals surface area contributed by atoms with Crippen LogP contribution in [0.25, 0.3) is 0 Å². The number of primary amides is 2. The minimum absolute atomic E-state index is 0.116. The van der Waals surface area contributed by atoms with Crippen LogP contribution in [0.2, 0.25) is 0 Å². The first kappa shape index (κ1) is 18.7. The zero-order valence-corrected chi connectivity index (χ0v) is 12.0. The molecular weight excluding hydrogens is 280 g/mol. The highest BCUT2D eigenvalue weighted by molar-refractivity contribution is 5.86. The molecule has 6 N–H and O–H groups in total. The van der Waals surface area contributed by atoms with Crippen LogP contribution in [0, 0.1) is 0 Å². The van der Waals surface area contributed by atoms with Crippen LogP contribution in [-0.2, 0) is 14.4 Å². The predicted molar refractivity (Wildman–Crippen MR) is 74.1 cm³/mol. The van der Waals surface area contributed by atoms with E-state index in [4.69, 9.17) is 16.6 Å². The molecule has 0 saturated heterocycles. The molecule has 0 rings (SSSR count). The fourth-order valence-corrected chi connectivity index (χ4v) is 1.57. The summed E-state index contributed by atoms with van der Waals surface area (Å²) in [4.78, 5) is 45.8. The SMILES string of the molecule is CCCCN(CC(N)=O)C(=O)NC(CCC(N)=O)C(=O)O. The predicted octanol–water partition coefficient (Wildman–Crippen LogP) is -0.998. The molecule has 0 fully saturated rings. The maximum absolute atomic E-state index is 12.0. The van der Waals surface area contributed by atoms with E-state index in [1.165, 1.54) is 0 Å². The summed E-state index contributed by atoms with van der Waals surface area (Å²) in [6.45, 7) is 1.90. The molecule has 0 aromatic carbocycles.